The van der Waals surface area contributed by atoms with Gasteiger partial charge in [-0.25, -0.2) is 9.78 Å². The maximum Gasteiger partial charge on any atom is 0.338 e. The predicted octanol–water partition coefficient (Wildman–Crippen LogP) is 5.01. The van der Waals surface area contributed by atoms with Crippen LogP contribution >= 0.6 is 31.9 Å². The molecule has 3 aromatic rings. The molecule has 0 amide bonds. The van der Waals surface area contributed by atoms with Gasteiger partial charge in [0.25, 0.3) is 0 Å². The number of allylic oxidation sites excluding steroid dienone is 1. The van der Waals surface area contributed by atoms with E-state index in [2.05, 4.69) is 42.2 Å². The number of fused-ring (bicyclic) bond motifs is 3. The highest BCUT2D eigenvalue weighted by molar-refractivity contribution is 9.13. The zero-order chi connectivity index (χ0) is 18.4. The Morgan fingerprint density at radius 2 is 2.15 bits per heavy atom. The fraction of sp³-hybridized carbons (Fsp3) is 0.222. The first-order chi connectivity index (χ1) is 12.5. The Kier molecular flexibility index (Phi) is 4.40. The molecular formula is C18H15Br2N3O3. The van der Waals surface area contributed by atoms with E-state index in [0.29, 0.717) is 29.6 Å². The summed E-state index contributed by atoms with van der Waals surface area (Å²) in [6.07, 6.45) is 1.60. The number of imidazole rings is 1. The van der Waals surface area contributed by atoms with Crippen LogP contribution < -0.4 is 5.32 Å². The molecule has 1 atom stereocenters. The van der Waals surface area contributed by atoms with Gasteiger partial charge in [-0.15, -0.1) is 0 Å². The number of benzene rings is 1. The van der Waals surface area contributed by atoms with E-state index in [1.54, 1.807) is 19.3 Å². The Bertz CT molecular complexity index is 1040. The number of aromatic nitrogens is 2. The van der Waals surface area contributed by atoms with E-state index in [1.165, 1.54) is 0 Å². The van der Waals surface area contributed by atoms with E-state index in [9.17, 15) is 4.79 Å². The molecule has 0 aliphatic carbocycles. The molecule has 2 aromatic heterocycles. The van der Waals surface area contributed by atoms with Gasteiger partial charge in [0.1, 0.15) is 11.8 Å². The van der Waals surface area contributed by atoms with E-state index in [0.717, 1.165) is 20.0 Å². The molecule has 6 nitrogen and oxygen atoms in total. The number of nitrogens with zero attached hydrogens (tertiary/aromatic N) is 2. The standard InChI is InChI=1S/C18H15Br2N3O3/c1-3-25-17(24)15-9(2)21-18-22-12-7-10(19)11(20)8-13(12)23(18)16(15)14-5-4-6-26-14/h4-8,16H,3H2,1-2H3,(H,21,22). The van der Waals surface area contributed by atoms with Gasteiger partial charge in [0.15, 0.2) is 0 Å². The lowest BCUT2D eigenvalue weighted by Gasteiger charge is -2.28. The van der Waals surface area contributed by atoms with Crippen LogP contribution in [0.15, 0.2) is 55.2 Å². The summed E-state index contributed by atoms with van der Waals surface area (Å²) in [5, 5.41) is 3.23. The summed E-state index contributed by atoms with van der Waals surface area (Å²) in [6, 6.07) is 7.10. The van der Waals surface area contributed by atoms with Crippen LogP contribution in [0.2, 0.25) is 0 Å². The smallest absolute Gasteiger partial charge is 0.338 e. The maximum atomic E-state index is 12.7. The van der Waals surface area contributed by atoms with Gasteiger partial charge in [0.2, 0.25) is 5.95 Å². The highest BCUT2D eigenvalue weighted by Gasteiger charge is 2.36. The van der Waals surface area contributed by atoms with Crippen LogP contribution in [0.5, 0.6) is 0 Å². The van der Waals surface area contributed by atoms with Crippen molar-refractivity contribution in [2.24, 2.45) is 0 Å². The number of nitrogens with one attached hydrogen (secondary N) is 1. The second kappa shape index (κ2) is 6.59. The van der Waals surface area contributed by atoms with Crippen molar-refractivity contribution in [3.63, 3.8) is 0 Å². The first-order valence-corrected chi connectivity index (χ1v) is 9.65. The topological polar surface area (TPSA) is 69.3 Å². The van der Waals surface area contributed by atoms with Gasteiger partial charge >= 0.3 is 5.97 Å². The maximum absolute atomic E-state index is 12.7. The van der Waals surface area contributed by atoms with E-state index in [1.807, 2.05) is 29.7 Å². The predicted molar refractivity (Wildman–Crippen MR) is 105 cm³/mol. The molecule has 0 spiro atoms. The normalized spacial score (nSPS) is 16.5. The molecule has 134 valence electrons. The summed E-state index contributed by atoms with van der Waals surface area (Å²) >= 11 is 7.05. The minimum atomic E-state index is -0.460. The number of esters is 1. The van der Waals surface area contributed by atoms with Gasteiger partial charge < -0.3 is 14.5 Å². The third-order valence-corrected chi connectivity index (χ3v) is 6.12. The monoisotopic (exact) mass is 479 g/mol. The molecular weight excluding hydrogens is 466 g/mol. The fourth-order valence-corrected chi connectivity index (χ4v) is 3.86. The van der Waals surface area contributed by atoms with Crippen molar-refractivity contribution in [1.82, 2.24) is 9.55 Å². The molecule has 1 aromatic carbocycles. The summed E-state index contributed by atoms with van der Waals surface area (Å²) in [6.45, 7) is 3.94. The van der Waals surface area contributed by atoms with Crippen molar-refractivity contribution in [3.05, 3.63) is 56.5 Å². The van der Waals surface area contributed by atoms with E-state index >= 15 is 0 Å². The quantitative estimate of drug-likeness (QED) is 0.534. The molecule has 1 unspecified atom stereocenters. The second-order valence-electron chi connectivity index (χ2n) is 5.86. The Labute approximate surface area is 166 Å². The van der Waals surface area contributed by atoms with Gasteiger partial charge in [0, 0.05) is 14.6 Å². The number of furan rings is 1. The molecule has 0 saturated carbocycles. The number of rotatable bonds is 3. The van der Waals surface area contributed by atoms with Crippen LogP contribution in [-0.4, -0.2) is 22.1 Å². The van der Waals surface area contributed by atoms with E-state index in [4.69, 9.17) is 9.15 Å². The fourth-order valence-electron chi connectivity index (χ4n) is 3.20. The largest absolute Gasteiger partial charge is 0.467 e. The second-order valence-corrected chi connectivity index (χ2v) is 7.57. The Morgan fingerprint density at radius 3 is 2.85 bits per heavy atom. The van der Waals surface area contributed by atoms with Gasteiger partial charge in [-0.1, -0.05) is 0 Å². The molecule has 3 heterocycles. The number of halogens is 2. The summed E-state index contributed by atoms with van der Waals surface area (Å²) in [4.78, 5) is 17.4. The van der Waals surface area contributed by atoms with Crippen molar-refractivity contribution in [2.45, 2.75) is 19.9 Å². The summed E-state index contributed by atoms with van der Waals surface area (Å²) in [5.41, 5.74) is 2.88. The number of anilines is 1. The lowest BCUT2D eigenvalue weighted by molar-refractivity contribution is -0.139. The van der Waals surface area contributed by atoms with Crippen molar-refractivity contribution < 1.29 is 13.9 Å². The first kappa shape index (κ1) is 17.4. The molecule has 1 aliphatic rings. The summed E-state index contributed by atoms with van der Waals surface area (Å²) in [7, 11) is 0. The van der Waals surface area contributed by atoms with Crippen molar-refractivity contribution in [2.75, 3.05) is 11.9 Å². The van der Waals surface area contributed by atoms with Crippen molar-refractivity contribution in [1.29, 1.82) is 0 Å². The number of ether oxygens (including phenoxy) is 1. The molecule has 0 radical (unpaired) electrons. The van der Waals surface area contributed by atoms with Crippen LogP contribution in [0.1, 0.15) is 25.6 Å². The average Bonchev–Trinajstić information content (AvgIpc) is 3.22. The summed E-state index contributed by atoms with van der Waals surface area (Å²) < 4.78 is 14.7. The van der Waals surface area contributed by atoms with Crippen LogP contribution in [0.3, 0.4) is 0 Å². The van der Waals surface area contributed by atoms with Crippen LogP contribution in [-0.2, 0) is 9.53 Å². The van der Waals surface area contributed by atoms with Gasteiger partial charge in [-0.3, -0.25) is 4.57 Å². The number of carbonyl (C=O) groups is 1. The third kappa shape index (κ3) is 2.68. The minimum absolute atomic E-state index is 0.302. The number of hydrogen-bond acceptors (Lipinski definition) is 5. The van der Waals surface area contributed by atoms with E-state index in [-0.39, 0.29) is 5.97 Å². The van der Waals surface area contributed by atoms with Gasteiger partial charge in [-0.2, -0.15) is 0 Å². The van der Waals surface area contributed by atoms with Crippen LogP contribution in [0.25, 0.3) is 11.0 Å². The summed E-state index contributed by atoms with van der Waals surface area (Å²) in [5.74, 6) is 0.924. The minimum Gasteiger partial charge on any atom is -0.467 e. The van der Waals surface area contributed by atoms with Gasteiger partial charge in [0.05, 0.1) is 29.5 Å². The lowest BCUT2D eigenvalue weighted by atomic mass is 10.0. The number of carbonyl (C=O) groups excluding carboxylic acids is 1. The molecule has 26 heavy (non-hydrogen) atoms. The highest BCUT2D eigenvalue weighted by Crippen LogP contribution is 2.41. The van der Waals surface area contributed by atoms with Crippen LogP contribution in [0, 0.1) is 0 Å². The molecule has 0 fully saturated rings. The van der Waals surface area contributed by atoms with Crippen molar-refractivity contribution >= 4 is 54.8 Å². The Hall–Kier alpha value is -2.06. The average molecular weight is 481 g/mol. The lowest BCUT2D eigenvalue weighted by Crippen LogP contribution is -2.28. The molecule has 8 heteroatoms. The zero-order valence-electron chi connectivity index (χ0n) is 14.0. The molecule has 1 N–H and O–H groups in total. The Morgan fingerprint density at radius 1 is 1.38 bits per heavy atom. The van der Waals surface area contributed by atoms with Gasteiger partial charge in [-0.05, 0) is 70.0 Å². The van der Waals surface area contributed by atoms with Crippen molar-refractivity contribution in [3.8, 4) is 0 Å². The molecule has 0 bridgehead atoms. The Balaban J connectivity index is 1.99. The number of hydrogen-bond donors (Lipinski definition) is 1. The van der Waals surface area contributed by atoms with E-state index < -0.39 is 6.04 Å². The molecule has 4 rings (SSSR count). The SMILES string of the molecule is CCOC(=O)C1=C(C)Nc2nc3cc(Br)c(Br)cc3n2C1c1ccco1. The molecule has 0 saturated heterocycles. The van der Waals surface area contributed by atoms with Crippen LogP contribution in [0.4, 0.5) is 5.95 Å². The first-order valence-electron chi connectivity index (χ1n) is 8.06. The third-order valence-electron chi connectivity index (χ3n) is 4.27. The zero-order valence-corrected chi connectivity index (χ0v) is 17.2. The highest BCUT2D eigenvalue weighted by atomic mass is 79.9. The molecule has 1 aliphatic heterocycles.